The molecule has 0 aliphatic heterocycles. The Labute approximate surface area is 83.0 Å². The smallest absolute Gasteiger partial charge is 0.0323 e. The van der Waals surface area contributed by atoms with E-state index in [1.165, 1.54) is 10.9 Å². The van der Waals surface area contributed by atoms with Crippen LogP contribution in [0.1, 0.15) is 5.56 Å². The van der Waals surface area contributed by atoms with E-state index in [4.69, 9.17) is 5.73 Å². The van der Waals surface area contributed by atoms with Crippen LogP contribution in [0, 0.1) is 6.92 Å². The van der Waals surface area contributed by atoms with Crippen molar-refractivity contribution in [2.45, 2.75) is 11.8 Å². The van der Waals surface area contributed by atoms with Gasteiger partial charge in [-0.05, 0) is 41.5 Å². The van der Waals surface area contributed by atoms with Crippen molar-refractivity contribution in [3.05, 3.63) is 35.9 Å². The van der Waals surface area contributed by atoms with Crippen LogP contribution in [0.3, 0.4) is 0 Å². The van der Waals surface area contributed by atoms with Gasteiger partial charge in [0.05, 0.1) is 0 Å². The number of nitrogen functional groups attached to an aromatic ring is 1. The Morgan fingerprint density at radius 3 is 2.69 bits per heavy atom. The van der Waals surface area contributed by atoms with Crippen molar-refractivity contribution in [2.75, 3.05) is 5.73 Å². The van der Waals surface area contributed by atoms with Gasteiger partial charge in [0.1, 0.15) is 0 Å². The van der Waals surface area contributed by atoms with Gasteiger partial charge in [0.15, 0.2) is 0 Å². The molecule has 0 amide bonds. The lowest BCUT2D eigenvalue weighted by atomic mass is 10.0. The first-order valence-electron chi connectivity index (χ1n) is 4.16. The molecule has 2 N–H and O–H groups in total. The molecule has 0 unspecified atom stereocenters. The second-order valence-corrected chi connectivity index (χ2v) is 3.69. The van der Waals surface area contributed by atoms with Crippen LogP contribution in [0.25, 0.3) is 10.8 Å². The maximum Gasteiger partial charge on any atom is 0.0323 e. The molecule has 13 heavy (non-hydrogen) atoms. The van der Waals surface area contributed by atoms with Crippen LogP contribution in [0.2, 0.25) is 0 Å². The molecule has 0 spiro atoms. The minimum absolute atomic E-state index is 0.798. The molecule has 0 heterocycles. The van der Waals surface area contributed by atoms with Gasteiger partial charge < -0.3 is 5.73 Å². The number of anilines is 1. The Hall–Kier alpha value is -1.15. The average Bonchev–Trinajstić information content (AvgIpc) is 2.07. The first-order chi connectivity index (χ1) is 6.18. The number of benzene rings is 2. The van der Waals surface area contributed by atoms with Crippen LogP contribution in [0.5, 0.6) is 0 Å². The SMILES string of the molecule is Cc1cc(N)cc2c(S)cccc12. The lowest BCUT2D eigenvalue weighted by Gasteiger charge is -2.05. The number of thiol groups is 1. The first kappa shape index (κ1) is 8.45. The molecule has 0 fully saturated rings. The molecule has 1 nitrogen and oxygen atoms in total. The van der Waals surface area contributed by atoms with E-state index in [1.54, 1.807) is 0 Å². The highest BCUT2D eigenvalue weighted by molar-refractivity contribution is 7.80. The minimum Gasteiger partial charge on any atom is -0.399 e. The van der Waals surface area contributed by atoms with E-state index < -0.39 is 0 Å². The van der Waals surface area contributed by atoms with Gasteiger partial charge >= 0.3 is 0 Å². The van der Waals surface area contributed by atoms with E-state index in [9.17, 15) is 0 Å². The molecular formula is C11H11NS. The van der Waals surface area contributed by atoms with Crippen molar-refractivity contribution in [3.8, 4) is 0 Å². The Balaban J connectivity index is 2.94. The molecule has 0 aromatic heterocycles. The molecule has 0 saturated heterocycles. The number of nitrogens with two attached hydrogens (primary N) is 1. The summed E-state index contributed by atoms with van der Waals surface area (Å²) in [7, 11) is 0. The number of hydrogen-bond donors (Lipinski definition) is 2. The van der Waals surface area contributed by atoms with Crippen molar-refractivity contribution >= 4 is 29.1 Å². The van der Waals surface area contributed by atoms with Crippen molar-refractivity contribution in [1.29, 1.82) is 0 Å². The molecule has 2 aromatic carbocycles. The predicted octanol–water partition coefficient (Wildman–Crippen LogP) is 3.02. The predicted molar refractivity (Wildman–Crippen MR) is 60.3 cm³/mol. The lowest BCUT2D eigenvalue weighted by molar-refractivity contribution is 1.48. The molecule has 66 valence electrons. The van der Waals surface area contributed by atoms with Crippen LogP contribution < -0.4 is 5.73 Å². The Morgan fingerprint density at radius 1 is 1.15 bits per heavy atom. The Kier molecular flexibility index (Phi) is 1.93. The second kappa shape index (κ2) is 2.96. The summed E-state index contributed by atoms with van der Waals surface area (Å²) >= 11 is 4.39. The maximum atomic E-state index is 5.76. The van der Waals surface area contributed by atoms with Gasteiger partial charge in [-0.15, -0.1) is 12.6 Å². The Morgan fingerprint density at radius 2 is 1.92 bits per heavy atom. The fraction of sp³-hybridized carbons (Fsp3) is 0.0909. The zero-order valence-electron chi connectivity index (χ0n) is 7.41. The third-order valence-corrected chi connectivity index (χ3v) is 2.59. The monoisotopic (exact) mass is 189 g/mol. The van der Waals surface area contributed by atoms with Gasteiger partial charge in [-0.2, -0.15) is 0 Å². The summed E-state index contributed by atoms with van der Waals surface area (Å²) in [5, 5.41) is 2.35. The van der Waals surface area contributed by atoms with E-state index in [1.807, 2.05) is 24.3 Å². The van der Waals surface area contributed by atoms with Gasteiger partial charge in [0.25, 0.3) is 0 Å². The van der Waals surface area contributed by atoms with E-state index >= 15 is 0 Å². The highest BCUT2D eigenvalue weighted by Gasteiger charge is 2.00. The number of rotatable bonds is 0. The highest BCUT2D eigenvalue weighted by atomic mass is 32.1. The summed E-state index contributed by atoms with van der Waals surface area (Å²) in [5.74, 6) is 0. The quantitative estimate of drug-likeness (QED) is 0.483. The zero-order chi connectivity index (χ0) is 9.42. The van der Waals surface area contributed by atoms with E-state index in [0.29, 0.717) is 0 Å². The standard InChI is InChI=1S/C11H11NS/c1-7-5-8(12)6-10-9(7)3-2-4-11(10)13/h2-6,13H,12H2,1H3. The molecule has 2 aromatic rings. The van der Waals surface area contributed by atoms with E-state index in [-0.39, 0.29) is 0 Å². The molecule has 0 saturated carbocycles. The zero-order valence-corrected chi connectivity index (χ0v) is 8.31. The normalized spacial score (nSPS) is 10.6. The van der Waals surface area contributed by atoms with Crippen LogP contribution >= 0.6 is 12.6 Å². The maximum absolute atomic E-state index is 5.76. The number of aryl methyl sites for hydroxylation is 1. The largest absolute Gasteiger partial charge is 0.399 e. The van der Waals surface area contributed by atoms with Crippen molar-refractivity contribution < 1.29 is 0 Å². The lowest BCUT2D eigenvalue weighted by Crippen LogP contribution is -1.87. The summed E-state index contributed by atoms with van der Waals surface area (Å²) in [6, 6.07) is 10.0. The molecule has 2 rings (SSSR count). The Bertz CT molecular complexity index is 463. The van der Waals surface area contributed by atoms with Crippen LogP contribution in [0.4, 0.5) is 5.69 Å². The summed E-state index contributed by atoms with van der Waals surface area (Å²) in [5.41, 5.74) is 7.76. The first-order valence-corrected chi connectivity index (χ1v) is 4.61. The third-order valence-electron chi connectivity index (χ3n) is 2.20. The summed E-state index contributed by atoms with van der Waals surface area (Å²) in [6.45, 7) is 2.06. The van der Waals surface area contributed by atoms with Crippen LogP contribution in [0.15, 0.2) is 35.2 Å². The van der Waals surface area contributed by atoms with Gasteiger partial charge in [0.2, 0.25) is 0 Å². The van der Waals surface area contributed by atoms with Crippen molar-refractivity contribution in [1.82, 2.24) is 0 Å². The number of hydrogen-bond acceptors (Lipinski definition) is 2. The molecule has 0 bridgehead atoms. The fourth-order valence-corrected chi connectivity index (χ4v) is 1.86. The molecule has 0 radical (unpaired) electrons. The topological polar surface area (TPSA) is 26.0 Å². The second-order valence-electron chi connectivity index (χ2n) is 3.21. The van der Waals surface area contributed by atoms with E-state index in [0.717, 1.165) is 16.0 Å². The minimum atomic E-state index is 0.798. The average molecular weight is 189 g/mol. The molecular weight excluding hydrogens is 178 g/mol. The summed E-state index contributed by atoms with van der Waals surface area (Å²) in [6.07, 6.45) is 0. The van der Waals surface area contributed by atoms with Crippen LogP contribution in [-0.2, 0) is 0 Å². The van der Waals surface area contributed by atoms with Gasteiger partial charge in [-0.3, -0.25) is 0 Å². The van der Waals surface area contributed by atoms with Crippen LogP contribution in [-0.4, -0.2) is 0 Å². The summed E-state index contributed by atoms with van der Waals surface area (Å²) in [4.78, 5) is 0.980. The molecule has 0 aliphatic rings. The highest BCUT2D eigenvalue weighted by Crippen LogP contribution is 2.26. The van der Waals surface area contributed by atoms with Gasteiger partial charge in [-0.25, -0.2) is 0 Å². The van der Waals surface area contributed by atoms with Crippen molar-refractivity contribution in [2.24, 2.45) is 0 Å². The number of fused-ring (bicyclic) bond motifs is 1. The van der Waals surface area contributed by atoms with Crippen molar-refractivity contribution in [3.63, 3.8) is 0 Å². The van der Waals surface area contributed by atoms with Gasteiger partial charge in [0, 0.05) is 10.6 Å². The molecule has 2 heteroatoms. The fourth-order valence-electron chi connectivity index (χ4n) is 1.58. The summed E-state index contributed by atoms with van der Waals surface area (Å²) < 4.78 is 0. The molecule has 0 aliphatic carbocycles. The molecule has 0 atom stereocenters. The van der Waals surface area contributed by atoms with E-state index in [2.05, 4.69) is 25.6 Å². The van der Waals surface area contributed by atoms with Gasteiger partial charge in [-0.1, -0.05) is 12.1 Å². The third kappa shape index (κ3) is 1.38.